The van der Waals surface area contributed by atoms with Crippen LogP contribution >= 0.6 is 0 Å². The van der Waals surface area contributed by atoms with Crippen LogP contribution in [-0.2, 0) is 26.2 Å². The van der Waals surface area contributed by atoms with Gasteiger partial charge in [-0.2, -0.15) is 0 Å². The third-order valence-corrected chi connectivity index (χ3v) is 7.53. The van der Waals surface area contributed by atoms with Gasteiger partial charge in [-0.05, 0) is 62.2 Å². The van der Waals surface area contributed by atoms with Crippen LogP contribution in [0.5, 0.6) is 0 Å². The maximum absolute atomic E-state index is 13.8. The molecular weight excluding hydrogens is 493 g/mol. The van der Waals surface area contributed by atoms with Crippen molar-refractivity contribution in [3.05, 3.63) is 96.3 Å². The SMILES string of the molecule is CC[C@H](C(=O)NC(C)C)N(Cc1ccccc1)C(=O)CN(c1ccc(F)cc1)S(=O)(=O)c1ccccc1. The maximum atomic E-state index is 13.8. The predicted molar refractivity (Wildman–Crippen MR) is 142 cm³/mol. The van der Waals surface area contributed by atoms with E-state index in [4.69, 9.17) is 0 Å². The molecule has 0 saturated heterocycles. The van der Waals surface area contributed by atoms with Crippen LogP contribution in [0.4, 0.5) is 10.1 Å². The summed E-state index contributed by atoms with van der Waals surface area (Å²) in [7, 11) is -4.18. The number of carbonyl (C=O) groups excluding carboxylic acids is 2. The minimum atomic E-state index is -4.18. The molecule has 0 aromatic heterocycles. The van der Waals surface area contributed by atoms with Gasteiger partial charge in [-0.3, -0.25) is 13.9 Å². The summed E-state index contributed by atoms with van der Waals surface area (Å²) in [5, 5.41) is 2.86. The smallest absolute Gasteiger partial charge is 0.264 e. The summed E-state index contributed by atoms with van der Waals surface area (Å²) in [5.41, 5.74) is 0.934. The Morgan fingerprint density at radius 1 is 0.892 bits per heavy atom. The number of nitrogens with zero attached hydrogens (tertiary/aromatic N) is 2. The molecule has 7 nitrogen and oxygen atoms in total. The zero-order valence-corrected chi connectivity index (χ0v) is 22.0. The van der Waals surface area contributed by atoms with Crippen molar-refractivity contribution in [2.75, 3.05) is 10.8 Å². The van der Waals surface area contributed by atoms with Crippen LogP contribution in [0.3, 0.4) is 0 Å². The Balaban J connectivity index is 2.03. The van der Waals surface area contributed by atoms with Gasteiger partial charge in [-0.1, -0.05) is 55.5 Å². The van der Waals surface area contributed by atoms with Gasteiger partial charge in [0.25, 0.3) is 10.0 Å². The van der Waals surface area contributed by atoms with Crippen molar-refractivity contribution in [2.24, 2.45) is 0 Å². The Labute approximate surface area is 218 Å². The van der Waals surface area contributed by atoms with Gasteiger partial charge in [0.2, 0.25) is 11.8 Å². The van der Waals surface area contributed by atoms with Crippen molar-refractivity contribution >= 4 is 27.5 Å². The van der Waals surface area contributed by atoms with E-state index in [0.29, 0.717) is 6.42 Å². The number of anilines is 1. The molecule has 3 rings (SSSR count). The van der Waals surface area contributed by atoms with Gasteiger partial charge in [-0.15, -0.1) is 0 Å². The number of halogens is 1. The average Bonchev–Trinajstić information content (AvgIpc) is 2.88. The molecule has 9 heteroatoms. The average molecular weight is 526 g/mol. The summed E-state index contributed by atoms with van der Waals surface area (Å²) in [6.45, 7) is 5.01. The highest BCUT2D eigenvalue weighted by Crippen LogP contribution is 2.25. The number of rotatable bonds is 11. The summed E-state index contributed by atoms with van der Waals surface area (Å²) in [5.74, 6) is -1.41. The first kappa shape index (κ1) is 27.9. The van der Waals surface area contributed by atoms with Gasteiger partial charge in [-0.25, -0.2) is 12.8 Å². The fourth-order valence-electron chi connectivity index (χ4n) is 3.94. The van der Waals surface area contributed by atoms with E-state index >= 15 is 0 Å². The molecule has 0 heterocycles. The lowest BCUT2D eigenvalue weighted by Crippen LogP contribution is -2.53. The van der Waals surface area contributed by atoms with Crippen LogP contribution in [0.2, 0.25) is 0 Å². The van der Waals surface area contributed by atoms with Crippen LogP contribution < -0.4 is 9.62 Å². The maximum Gasteiger partial charge on any atom is 0.264 e. The second kappa shape index (κ2) is 12.5. The topological polar surface area (TPSA) is 86.8 Å². The first-order valence-electron chi connectivity index (χ1n) is 12.1. The monoisotopic (exact) mass is 525 g/mol. The Hall–Kier alpha value is -3.72. The third-order valence-electron chi connectivity index (χ3n) is 5.74. The number of hydrogen-bond donors (Lipinski definition) is 1. The number of nitrogens with one attached hydrogen (secondary N) is 1. The lowest BCUT2D eigenvalue weighted by Gasteiger charge is -2.33. The van der Waals surface area contributed by atoms with Crippen molar-refractivity contribution in [1.82, 2.24) is 10.2 Å². The van der Waals surface area contributed by atoms with E-state index in [1.54, 1.807) is 25.1 Å². The van der Waals surface area contributed by atoms with Crippen LogP contribution in [0.1, 0.15) is 32.8 Å². The van der Waals surface area contributed by atoms with Crippen molar-refractivity contribution in [3.63, 3.8) is 0 Å². The molecule has 0 spiro atoms. The zero-order valence-electron chi connectivity index (χ0n) is 21.2. The van der Waals surface area contributed by atoms with Gasteiger partial charge in [0.1, 0.15) is 18.4 Å². The van der Waals surface area contributed by atoms with Gasteiger partial charge in [0.15, 0.2) is 0 Å². The molecule has 0 radical (unpaired) electrons. The zero-order chi connectivity index (χ0) is 27.0. The molecule has 0 aliphatic carbocycles. The molecule has 2 amide bonds. The van der Waals surface area contributed by atoms with Crippen LogP contribution in [0.15, 0.2) is 89.8 Å². The Kier molecular flexibility index (Phi) is 9.41. The first-order valence-corrected chi connectivity index (χ1v) is 13.5. The summed E-state index contributed by atoms with van der Waals surface area (Å²) in [6, 6.07) is 20.9. The largest absolute Gasteiger partial charge is 0.352 e. The molecule has 37 heavy (non-hydrogen) atoms. The minimum Gasteiger partial charge on any atom is -0.352 e. The normalized spacial score (nSPS) is 12.1. The molecule has 3 aromatic carbocycles. The van der Waals surface area contributed by atoms with Gasteiger partial charge in [0, 0.05) is 12.6 Å². The molecule has 1 atom stereocenters. The van der Waals surface area contributed by atoms with E-state index in [2.05, 4.69) is 5.32 Å². The van der Waals surface area contributed by atoms with Gasteiger partial charge in [0.05, 0.1) is 10.6 Å². The Morgan fingerprint density at radius 2 is 1.46 bits per heavy atom. The molecule has 0 unspecified atom stereocenters. The fourth-order valence-corrected chi connectivity index (χ4v) is 5.37. The van der Waals surface area contributed by atoms with E-state index in [1.807, 2.05) is 44.2 Å². The molecule has 3 aromatic rings. The number of carbonyl (C=O) groups is 2. The molecule has 1 N–H and O–H groups in total. The predicted octanol–water partition coefficient (Wildman–Crippen LogP) is 4.35. The van der Waals surface area contributed by atoms with E-state index in [-0.39, 0.29) is 29.1 Å². The quantitative estimate of drug-likeness (QED) is 0.403. The standard InChI is InChI=1S/C28H32FN3O4S/c1-4-26(28(34)30-21(2)3)31(19-22-11-7-5-8-12-22)27(33)20-32(24-17-15-23(29)16-18-24)37(35,36)25-13-9-6-10-14-25/h5-18,21,26H,4,19-20H2,1-3H3,(H,30,34)/t26-/m1/s1. The van der Waals surface area contributed by atoms with Crippen LogP contribution in [-0.4, -0.2) is 43.8 Å². The second-order valence-corrected chi connectivity index (χ2v) is 10.8. The van der Waals surface area contributed by atoms with E-state index in [1.165, 1.54) is 29.2 Å². The number of amides is 2. The second-order valence-electron chi connectivity index (χ2n) is 8.90. The number of benzene rings is 3. The molecule has 0 aliphatic heterocycles. The van der Waals surface area contributed by atoms with Gasteiger partial charge >= 0.3 is 0 Å². The van der Waals surface area contributed by atoms with Crippen molar-refractivity contribution in [2.45, 2.75) is 50.7 Å². The lowest BCUT2D eigenvalue weighted by atomic mass is 10.1. The number of sulfonamides is 1. The Bertz CT molecular complexity index is 1280. The molecular formula is C28H32FN3O4S. The van der Waals surface area contributed by atoms with Crippen molar-refractivity contribution in [3.8, 4) is 0 Å². The highest BCUT2D eigenvalue weighted by atomic mass is 32.2. The van der Waals surface area contributed by atoms with Crippen molar-refractivity contribution in [1.29, 1.82) is 0 Å². The molecule has 0 fully saturated rings. The molecule has 0 saturated carbocycles. The molecule has 196 valence electrons. The van der Waals surface area contributed by atoms with E-state index < -0.39 is 34.3 Å². The number of hydrogen-bond acceptors (Lipinski definition) is 4. The summed E-state index contributed by atoms with van der Waals surface area (Å²) >= 11 is 0. The molecule has 0 aliphatic rings. The van der Waals surface area contributed by atoms with Gasteiger partial charge < -0.3 is 10.2 Å². The summed E-state index contributed by atoms with van der Waals surface area (Å²) < 4.78 is 41.9. The fraction of sp³-hybridized carbons (Fsp3) is 0.286. The third kappa shape index (κ3) is 7.16. The van der Waals surface area contributed by atoms with Crippen LogP contribution in [0, 0.1) is 5.82 Å². The van der Waals surface area contributed by atoms with Crippen molar-refractivity contribution < 1.29 is 22.4 Å². The van der Waals surface area contributed by atoms with Crippen LogP contribution in [0.25, 0.3) is 0 Å². The summed E-state index contributed by atoms with van der Waals surface area (Å²) in [4.78, 5) is 28.3. The minimum absolute atomic E-state index is 0.00803. The van der Waals surface area contributed by atoms with E-state index in [0.717, 1.165) is 22.0 Å². The Morgan fingerprint density at radius 3 is 2.00 bits per heavy atom. The lowest BCUT2D eigenvalue weighted by molar-refractivity contribution is -0.140. The first-order chi connectivity index (χ1) is 17.6. The highest BCUT2D eigenvalue weighted by Gasteiger charge is 2.33. The highest BCUT2D eigenvalue weighted by molar-refractivity contribution is 7.92. The molecule has 0 bridgehead atoms. The van der Waals surface area contributed by atoms with E-state index in [9.17, 15) is 22.4 Å². The summed E-state index contributed by atoms with van der Waals surface area (Å²) in [6.07, 6.45) is 0.332.